The van der Waals surface area contributed by atoms with Crippen LogP contribution < -0.4 is 4.90 Å². The standard InChI is InChI=1S/C14H24N2O/c1-5-16(6-2)14(11-17)12-7-9-13(10-8-12)15(3)4/h7-10,14,17H,5-6,11H2,1-4H3. The maximum absolute atomic E-state index is 9.54. The molecule has 0 aliphatic carbocycles. The highest BCUT2D eigenvalue weighted by atomic mass is 16.3. The van der Waals surface area contributed by atoms with Gasteiger partial charge in [0.2, 0.25) is 0 Å². The maximum Gasteiger partial charge on any atom is 0.0628 e. The van der Waals surface area contributed by atoms with E-state index in [1.54, 1.807) is 0 Å². The Kier molecular flexibility index (Phi) is 5.45. The van der Waals surface area contributed by atoms with Crippen LogP contribution in [0.25, 0.3) is 0 Å². The molecular weight excluding hydrogens is 212 g/mol. The molecule has 0 amide bonds. The topological polar surface area (TPSA) is 26.7 Å². The molecule has 1 N–H and O–H groups in total. The van der Waals surface area contributed by atoms with Crippen molar-refractivity contribution in [1.82, 2.24) is 4.90 Å². The molecule has 0 spiro atoms. The summed E-state index contributed by atoms with van der Waals surface area (Å²) in [6.45, 7) is 6.33. The summed E-state index contributed by atoms with van der Waals surface area (Å²) in [5, 5.41) is 9.54. The molecule has 1 aromatic carbocycles. The van der Waals surface area contributed by atoms with Gasteiger partial charge >= 0.3 is 0 Å². The van der Waals surface area contributed by atoms with Crippen molar-refractivity contribution in [1.29, 1.82) is 0 Å². The smallest absolute Gasteiger partial charge is 0.0628 e. The number of benzene rings is 1. The molecule has 1 rings (SSSR count). The van der Waals surface area contributed by atoms with Gasteiger partial charge in [0.15, 0.2) is 0 Å². The summed E-state index contributed by atoms with van der Waals surface area (Å²) < 4.78 is 0. The lowest BCUT2D eigenvalue weighted by Crippen LogP contribution is -2.30. The van der Waals surface area contributed by atoms with E-state index in [4.69, 9.17) is 0 Å². The van der Waals surface area contributed by atoms with Gasteiger partial charge in [-0.2, -0.15) is 0 Å². The number of rotatable bonds is 6. The number of anilines is 1. The Hall–Kier alpha value is -1.06. The van der Waals surface area contributed by atoms with E-state index >= 15 is 0 Å². The zero-order chi connectivity index (χ0) is 12.8. The number of aliphatic hydroxyl groups is 1. The minimum Gasteiger partial charge on any atom is -0.394 e. The molecule has 0 radical (unpaired) electrons. The first-order valence-electron chi connectivity index (χ1n) is 6.26. The van der Waals surface area contributed by atoms with E-state index in [2.05, 4.69) is 47.9 Å². The third kappa shape index (κ3) is 3.45. The third-order valence-electron chi connectivity index (χ3n) is 3.22. The predicted octanol–water partition coefficient (Wildman–Crippen LogP) is 2.13. The summed E-state index contributed by atoms with van der Waals surface area (Å²) in [7, 11) is 4.06. The van der Waals surface area contributed by atoms with E-state index in [0.29, 0.717) is 0 Å². The van der Waals surface area contributed by atoms with Gasteiger partial charge in [-0.3, -0.25) is 4.90 Å². The van der Waals surface area contributed by atoms with E-state index in [-0.39, 0.29) is 12.6 Å². The molecule has 96 valence electrons. The monoisotopic (exact) mass is 236 g/mol. The van der Waals surface area contributed by atoms with Crippen molar-refractivity contribution >= 4 is 5.69 Å². The van der Waals surface area contributed by atoms with Crippen LogP contribution in [0.1, 0.15) is 25.5 Å². The van der Waals surface area contributed by atoms with Gasteiger partial charge in [0.25, 0.3) is 0 Å². The second-order valence-electron chi connectivity index (χ2n) is 4.41. The number of nitrogens with zero attached hydrogens (tertiary/aromatic N) is 2. The zero-order valence-electron chi connectivity index (χ0n) is 11.3. The van der Waals surface area contributed by atoms with E-state index in [1.165, 1.54) is 11.3 Å². The molecule has 0 saturated carbocycles. The van der Waals surface area contributed by atoms with Crippen LogP contribution in [-0.2, 0) is 0 Å². The molecule has 0 aliphatic rings. The summed E-state index contributed by atoms with van der Waals surface area (Å²) in [6, 6.07) is 8.52. The quantitative estimate of drug-likeness (QED) is 0.819. The lowest BCUT2D eigenvalue weighted by molar-refractivity contribution is 0.134. The second kappa shape index (κ2) is 6.62. The summed E-state index contributed by atoms with van der Waals surface area (Å²) >= 11 is 0. The van der Waals surface area contributed by atoms with Crippen molar-refractivity contribution in [2.45, 2.75) is 19.9 Å². The van der Waals surface area contributed by atoms with Crippen molar-refractivity contribution in [3.63, 3.8) is 0 Å². The van der Waals surface area contributed by atoms with Crippen molar-refractivity contribution in [2.24, 2.45) is 0 Å². The van der Waals surface area contributed by atoms with Gasteiger partial charge in [-0.25, -0.2) is 0 Å². The van der Waals surface area contributed by atoms with Crippen molar-refractivity contribution in [3.05, 3.63) is 29.8 Å². The molecule has 0 bridgehead atoms. The van der Waals surface area contributed by atoms with E-state index in [0.717, 1.165) is 13.1 Å². The van der Waals surface area contributed by atoms with Gasteiger partial charge in [0.05, 0.1) is 12.6 Å². The van der Waals surface area contributed by atoms with E-state index < -0.39 is 0 Å². The van der Waals surface area contributed by atoms with Gasteiger partial charge in [-0.1, -0.05) is 26.0 Å². The third-order valence-corrected chi connectivity index (χ3v) is 3.22. The van der Waals surface area contributed by atoms with Gasteiger partial charge < -0.3 is 10.0 Å². The maximum atomic E-state index is 9.54. The molecule has 0 aromatic heterocycles. The van der Waals surface area contributed by atoms with Crippen LogP contribution >= 0.6 is 0 Å². The van der Waals surface area contributed by atoms with Crippen molar-refractivity contribution in [2.75, 3.05) is 38.7 Å². The first kappa shape index (κ1) is 14.0. The molecule has 0 aliphatic heterocycles. The summed E-state index contributed by atoms with van der Waals surface area (Å²) in [6.07, 6.45) is 0. The molecular formula is C14H24N2O. The average molecular weight is 236 g/mol. The van der Waals surface area contributed by atoms with Gasteiger partial charge in [-0.05, 0) is 30.8 Å². The largest absolute Gasteiger partial charge is 0.394 e. The lowest BCUT2D eigenvalue weighted by Gasteiger charge is -2.28. The Bertz CT molecular complexity index is 317. The fourth-order valence-electron chi connectivity index (χ4n) is 2.09. The molecule has 0 heterocycles. The van der Waals surface area contributed by atoms with Gasteiger partial charge in [0.1, 0.15) is 0 Å². The number of hydrogen-bond donors (Lipinski definition) is 1. The van der Waals surface area contributed by atoms with Crippen LogP contribution in [-0.4, -0.2) is 43.8 Å². The zero-order valence-corrected chi connectivity index (χ0v) is 11.3. The van der Waals surface area contributed by atoms with Crippen molar-refractivity contribution < 1.29 is 5.11 Å². The van der Waals surface area contributed by atoms with Crippen LogP contribution in [0.3, 0.4) is 0 Å². The Balaban J connectivity index is 2.89. The fraction of sp³-hybridized carbons (Fsp3) is 0.571. The normalized spacial score (nSPS) is 12.8. The van der Waals surface area contributed by atoms with Crippen LogP contribution in [0.15, 0.2) is 24.3 Å². The van der Waals surface area contributed by atoms with Crippen LogP contribution in [0.2, 0.25) is 0 Å². The molecule has 1 atom stereocenters. The molecule has 1 unspecified atom stereocenters. The van der Waals surface area contributed by atoms with Crippen LogP contribution in [0, 0.1) is 0 Å². The highest BCUT2D eigenvalue weighted by Crippen LogP contribution is 2.22. The summed E-state index contributed by atoms with van der Waals surface area (Å²) in [5.41, 5.74) is 2.37. The van der Waals surface area contributed by atoms with Crippen LogP contribution in [0.5, 0.6) is 0 Å². The predicted molar refractivity (Wildman–Crippen MR) is 73.5 cm³/mol. The SMILES string of the molecule is CCN(CC)C(CO)c1ccc(N(C)C)cc1. The Morgan fingerprint density at radius 1 is 1.06 bits per heavy atom. The Morgan fingerprint density at radius 2 is 1.59 bits per heavy atom. The number of hydrogen-bond acceptors (Lipinski definition) is 3. The highest BCUT2D eigenvalue weighted by Gasteiger charge is 2.16. The van der Waals surface area contributed by atoms with Crippen molar-refractivity contribution in [3.8, 4) is 0 Å². The molecule has 3 nitrogen and oxygen atoms in total. The molecule has 3 heteroatoms. The van der Waals surface area contributed by atoms with E-state index in [9.17, 15) is 5.11 Å². The molecule has 0 fully saturated rings. The number of aliphatic hydroxyl groups excluding tert-OH is 1. The van der Waals surface area contributed by atoms with Gasteiger partial charge in [0, 0.05) is 19.8 Å². The fourth-order valence-corrected chi connectivity index (χ4v) is 2.09. The highest BCUT2D eigenvalue weighted by molar-refractivity contribution is 5.46. The first-order valence-corrected chi connectivity index (χ1v) is 6.26. The minimum atomic E-state index is 0.112. The Morgan fingerprint density at radius 3 is 1.94 bits per heavy atom. The second-order valence-corrected chi connectivity index (χ2v) is 4.41. The Labute approximate surface area is 105 Å². The number of likely N-dealkylation sites (N-methyl/N-ethyl adjacent to an activating group) is 1. The summed E-state index contributed by atoms with van der Waals surface area (Å²) in [4.78, 5) is 4.35. The molecule has 0 saturated heterocycles. The van der Waals surface area contributed by atoms with Crippen LogP contribution in [0.4, 0.5) is 5.69 Å². The van der Waals surface area contributed by atoms with E-state index in [1.807, 2.05) is 14.1 Å². The lowest BCUT2D eigenvalue weighted by atomic mass is 10.1. The summed E-state index contributed by atoms with van der Waals surface area (Å²) in [5.74, 6) is 0. The minimum absolute atomic E-state index is 0.112. The van der Waals surface area contributed by atoms with Gasteiger partial charge in [-0.15, -0.1) is 0 Å². The molecule has 17 heavy (non-hydrogen) atoms. The first-order chi connectivity index (χ1) is 8.13. The average Bonchev–Trinajstić information content (AvgIpc) is 2.36. The molecule has 1 aromatic rings.